The van der Waals surface area contributed by atoms with Crippen molar-refractivity contribution < 1.29 is 4.39 Å². The van der Waals surface area contributed by atoms with Gasteiger partial charge < -0.3 is 0 Å². The van der Waals surface area contributed by atoms with Gasteiger partial charge in [0.25, 0.3) is 0 Å². The van der Waals surface area contributed by atoms with Crippen LogP contribution in [-0.2, 0) is 5.41 Å². The minimum atomic E-state index is -0.183. The van der Waals surface area contributed by atoms with Crippen LogP contribution < -0.4 is 0 Å². The van der Waals surface area contributed by atoms with Crippen LogP contribution in [0.25, 0.3) is 0 Å². The predicted molar refractivity (Wildman–Crippen MR) is 40.8 cm³/mol. The number of rotatable bonds is 0. The number of halogens is 1. The second-order valence-electron chi connectivity index (χ2n) is 3.26. The third-order valence-electron chi connectivity index (χ3n) is 1.24. The van der Waals surface area contributed by atoms with Crippen molar-refractivity contribution in [3.63, 3.8) is 0 Å². The lowest BCUT2D eigenvalue weighted by Crippen LogP contribution is -2.13. The van der Waals surface area contributed by atoms with Crippen molar-refractivity contribution in [1.29, 1.82) is 0 Å². The van der Waals surface area contributed by atoms with Gasteiger partial charge in [-0.1, -0.05) is 20.8 Å². The van der Waals surface area contributed by atoms with Gasteiger partial charge in [0.2, 0.25) is 0 Å². The number of hydrogen-bond acceptors (Lipinski definition) is 2. The predicted octanol–water partition coefficient (Wildman–Crippen LogP) is 2.58. The van der Waals surface area contributed by atoms with Crippen LogP contribution in [0, 0.1) is 5.82 Å². The number of aromatic nitrogens is 1. The molecule has 0 saturated heterocycles. The zero-order valence-electron chi connectivity index (χ0n) is 6.31. The summed E-state index contributed by atoms with van der Waals surface area (Å²) < 4.78 is 16.7. The summed E-state index contributed by atoms with van der Waals surface area (Å²) in [4.78, 5) is 0. The Hall–Kier alpha value is -0.440. The van der Waals surface area contributed by atoms with E-state index in [0.29, 0.717) is 5.69 Å². The van der Waals surface area contributed by atoms with Gasteiger partial charge >= 0.3 is 0 Å². The normalized spacial score (nSPS) is 12.0. The molecule has 0 amide bonds. The third-order valence-corrected chi connectivity index (χ3v) is 1.84. The molecule has 1 heterocycles. The molecule has 0 radical (unpaired) electrons. The molecular formula is C7H10FNS. The Kier molecular flexibility index (Phi) is 1.77. The molecular weight excluding hydrogens is 149 g/mol. The maximum absolute atomic E-state index is 12.8. The average molecular weight is 159 g/mol. The first-order valence-electron chi connectivity index (χ1n) is 3.12. The Morgan fingerprint density at radius 1 is 1.50 bits per heavy atom. The first-order chi connectivity index (χ1) is 4.52. The van der Waals surface area contributed by atoms with Crippen LogP contribution in [0.2, 0.25) is 0 Å². The molecule has 3 heteroatoms. The van der Waals surface area contributed by atoms with Crippen LogP contribution in [0.4, 0.5) is 4.39 Å². The fourth-order valence-corrected chi connectivity index (χ4v) is 1.44. The van der Waals surface area contributed by atoms with E-state index in [4.69, 9.17) is 0 Å². The molecule has 0 aliphatic rings. The minimum absolute atomic E-state index is 0.163. The lowest BCUT2D eigenvalue weighted by atomic mass is 9.92. The average Bonchev–Trinajstić information content (AvgIpc) is 2.11. The van der Waals surface area contributed by atoms with Crippen LogP contribution in [0.3, 0.4) is 0 Å². The van der Waals surface area contributed by atoms with Gasteiger partial charge in [-0.25, -0.2) is 4.39 Å². The van der Waals surface area contributed by atoms with Crippen LogP contribution in [-0.4, -0.2) is 4.37 Å². The molecule has 0 aliphatic carbocycles. The van der Waals surface area contributed by atoms with Gasteiger partial charge in [-0.2, -0.15) is 4.37 Å². The molecule has 0 aliphatic heterocycles. The van der Waals surface area contributed by atoms with Crippen molar-refractivity contribution >= 4 is 11.5 Å². The maximum atomic E-state index is 12.8. The summed E-state index contributed by atoms with van der Waals surface area (Å²) in [6.07, 6.45) is 0. The maximum Gasteiger partial charge on any atom is 0.157 e. The van der Waals surface area contributed by atoms with E-state index in [1.165, 1.54) is 16.9 Å². The van der Waals surface area contributed by atoms with Gasteiger partial charge in [0, 0.05) is 10.8 Å². The monoisotopic (exact) mass is 159 g/mol. The Labute approximate surface area is 64.1 Å². The SMILES string of the molecule is CC(C)(C)c1nscc1F. The molecule has 0 fully saturated rings. The second kappa shape index (κ2) is 2.31. The molecule has 0 N–H and O–H groups in total. The molecule has 1 aromatic heterocycles. The summed E-state index contributed by atoms with van der Waals surface area (Å²) in [5.41, 5.74) is 0.405. The Balaban J connectivity index is 3.05. The zero-order valence-corrected chi connectivity index (χ0v) is 7.13. The third kappa shape index (κ3) is 1.34. The standard InChI is InChI=1S/C7H10FNS/c1-7(2,3)6-5(8)4-10-9-6/h4H,1-3H3. The van der Waals surface area contributed by atoms with Gasteiger partial charge in [-0.15, -0.1) is 0 Å². The van der Waals surface area contributed by atoms with E-state index in [1.807, 2.05) is 20.8 Å². The Morgan fingerprint density at radius 2 is 2.10 bits per heavy atom. The van der Waals surface area contributed by atoms with Crippen molar-refractivity contribution in [2.75, 3.05) is 0 Å². The number of nitrogens with zero attached hydrogens (tertiary/aromatic N) is 1. The molecule has 0 bridgehead atoms. The van der Waals surface area contributed by atoms with E-state index in [9.17, 15) is 4.39 Å². The van der Waals surface area contributed by atoms with E-state index in [1.54, 1.807) is 0 Å². The lowest BCUT2D eigenvalue weighted by molar-refractivity contribution is 0.514. The molecule has 0 atom stereocenters. The van der Waals surface area contributed by atoms with Crippen LogP contribution in [0.1, 0.15) is 26.5 Å². The topological polar surface area (TPSA) is 12.9 Å². The van der Waals surface area contributed by atoms with Gasteiger partial charge in [0.15, 0.2) is 5.82 Å². The summed E-state index contributed by atoms with van der Waals surface area (Å²) in [5, 5.41) is 1.43. The quantitative estimate of drug-likeness (QED) is 0.567. The first kappa shape index (κ1) is 7.66. The summed E-state index contributed by atoms with van der Waals surface area (Å²) in [6, 6.07) is 0. The molecule has 0 saturated carbocycles. The first-order valence-corrected chi connectivity index (χ1v) is 3.96. The molecule has 1 rings (SSSR count). The smallest absolute Gasteiger partial charge is 0.157 e. The van der Waals surface area contributed by atoms with Gasteiger partial charge in [-0.05, 0) is 11.5 Å². The molecule has 10 heavy (non-hydrogen) atoms. The van der Waals surface area contributed by atoms with Gasteiger partial charge in [0.1, 0.15) is 0 Å². The van der Waals surface area contributed by atoms with Crippen molar-refractivity contribution in [2.24, 2.45) is 0 Å². The van der Waals surface area contributed by atoms with E-state index in [0.717, 1.165) is 0 Å². The van der Waals surface area contributed by atoms with Crippen LogP contribution >= 0.6 is 11.5 Å². The van der Waals surface area contributed by atoms with Crippen LogP contribution in [0.5, 0.6) is 0 Å². The highest BCUT2D eigenvalue weighted by Gasteiger charge is 2.20. The molecule has 0 unspecified atom stereocenters. The van der Waals surface area contributed by atoms with Crippen molar-refractivity contribution in [1.82, 2.24) is 4.37 Å². The summed E-state index contributed by atoms with van der Waals surface area (Å²) in [7, 11) is 0. The largest absolute Gasteiger partial charge is 0.204 e. The summed E-state index contributed by atoms with van der Waals surface area (Å²) in [6.45, 7) is 5.85. The van der Waals surface area contributed by atoms with Crippen molar-refractivity contribution in [3.8, 4) is 0 Å². The number of hydrogen-bond donors (Lipinski definition) is 0. The Morgan fingerprint density at radius 3 is 2.30 bits per heavy atom. The van der Waals surface area contributed by atoms with Gasteiger partial charge in [-0.3, -0.25) is 0 Å². The van der Waals surface area contributed by atoms with E-state index >= 15 is 0 Å². The molecule has 0 aromatic carbocycles. The Bertz CT molecular complexity index is 224. The van der Waals surface area contributed by atoms with E-state index < -0.39 is 0 Å². The lowest BCUT2D eigenvalue weighted by Gasteiger charge is -2.14. The van der Waals surface area contributed by atoms with Crippen molar-refractivity contribution in [3.05, 3.63) is 16.9 Å². The molecule has 1 aromatic rings. The molecule has 56 valence electrons. The van der Waals surface area contributed by atoms with Crippen molar-refractivity contribution in [2.45, 2.75) is 26.2 Å². The minimum Gasteiger partial charge on any atom is -0.204 e. The molecule has 0 spiro atoms. The fraction of sp³-hybridized carbons (Fsp3) is 0.571. The second-order valence-corrected chi connectivity index (χ2v) is 3.89. The summed E-state index contributed by atoms with van der Waals surface area (Å²) in [5.74, 6) is -0.183. The van der Waals surface area contributed by atoms with E-state index in [-0.39, 0.29) is 11.2 Å². The van der Waals surface area contributed by atoms with E-state index in [2.05, 4.69) is 4.37 Å². The summed E-state index contributed by atoms with van der Waals surface area (Å²) >= 11 is 1.17. The zero-order chi connectivity index (χ0) is 7.78. The highest BCUT2D eigenvalue weighted by Crippen LogP contribution is 2.24. The van der Waals surface area contributed by atoms with Crippen LogP contribution in [0.15, 0.2) is 5.38 Å². The molecule has 1 nitrogen and oxygen atoms in total. The van der Waals surface area contributed by atoms with Gasteiger partial charge in [0.05, 0.1) is 5.69 Å². The fourth-order valence-electron chi connectivity index (χ4n) is 0.720. The highest BCUT2D eigenvalue weighted by atomic mass is 32.1. The highest BCUT2D eigenvalue weighted by molar-refractivity contribution is 7.03.